The van der Waals surface area contributed by atoms with Crippen LogP contribution >= 0.6 is 21.6 Å². The van der Waals surface area contributed by atoms with Gasteiger partial charge >= 0.3 is 11.9 Å². The van der Waals surface area contributed by atoms with Gasteiger partial charge in [0.25, 0.3) is 0 Å². The van der Waals surface area contributed by atoms with Gasteiger partial charge in [-0.1, -0.05) is 26.7 Å². The lowest BCUT2D eigenvalue weighted by atomic mass is 10.1. The number of nitrogens with zero attached hydrogens (tertiary/aromatic N) is 2. The van der Waals surface area contributed by atoms with E-state index >= 15 is 0 Å². The van der Waals surface area contributed by atoms with E-state index in [1.807, 2.05) is 13.8 Å². The van der Waals surface area contributed by atoms with Crippen LogP contribution in [-0.2, 0) is 28.8 Å². The van der Waals surface area contributed by atoms with Gasteiger partial charge in [0.15, 0.2) is 0 Å². The summed E-state index contributed by atoms with van der Waals surface area (Å²) in [4.78, 5) is 72.2. The molecular formula is C20H28N2O8S2. The van der Waals surface area contributed by atoms with Gasteiger partial charge < -0.3 is 10.2 Å². The first-order chi connectivity index (χ1) is 15.1. The molecule has 0 saturated carbocycles. The zero-order chi connectivity index (χ0) is 24.1. The Hall–Kier alpha value is -2.08. The van der Waals surface area contributed by atoms with Crippen molar-refractivity contribution < 1.29 is 39.0 Å². The molecule has 2 atom stereocenters. The number of aliphatic carboxylic acids is 2. The van der Waals surface area contributed by atoms with Crippen molar-refractivity contribution in [3.63, 3.8) is 0 Å². The minimum Gasteiger partial charge on any atom is -0.479 e. The Kier molecular flexibility index (Phi) is 8.74. The number of carboxylic acid groups (broad SMARTS) is 2. The molecule has 2 fully saturated rings. The predicted molar refractivity (Wildman–Crippen MR) is 117 cm³/mol. The van der Waals surface area contributed by atoms with Gasteiger partial charge in [0, 0.05) is 25.7 Å². The van der Waals surface area contributed by atoms with Crippen molar-refractivity contribution in [1.82, 2.24) is 9.80 Å². The highest BCUT2D eigenvalue weighted by atomic mass is 33.1. The second-order valence-electron chi connectivity index (χ2n) is 7.80. The molecule has 2 heterocycles. The third kappa shape index (κ3) is 4.80. The molecule has 10 nitrogen and oxygen atoms in total. The zero-order valence-corrected chi connectivity index (χ0v) is 19.8. The molecule has 0 aromatic carbocycles. The molecule has 0 bridgehead atoms. The van der Waals surface area contributed by atoms with E-state index in [1.165, 1.54) is 0 Å². The molecule has 2 saturated heterocycles. The van der Waals surface area contributed by atoms with Gasteiger partial charge in [0.2, 0.25) is 33.4 Å². The topological polar surface area (TPSA) is 149 Å². The van der Waals surface area contributed by atoms with E-state index in [1.54, 1.807) is 0 Å². The smallest absolute Gasteiger partial charge is 0.341 e. The molecule has 0 radical (unpaired) electrons. The maximum Gasteiger partial charge on any atom is 0.341 e. The Morgan fingerprint density at radius 2 is 1.00 bits per heavy atom. The standard InChI is InChI=1S/C20H28N2O8S2/c1-3-5-11-19(17(27)28,21-13(23)7-8-14(21)24)31-32-20(18(29)30,12-6-4-2)22-15(25)9-10-16(22)26/h3-12H2,1-2H3,(H,27,28)(H,29,30). The van der Waals surface area contributed by atoms with Gasteiger partial charge in [0.1, 0.15) is 0 Å². The number of hydrogen-bond donors (Lipinski definition) is 2. The fourth-order valence-corrected chi connectivity index (χ4v) is 7.42. The quantitative estimate of drug-likeness (QED) is 0.292. The van der Waals surface area contributed by atoms with Crippen LogP contribution in [0.2, 0.25) is 0 Å². The molecule has 2 N–H and O–H groups in total. The number of carbonyl (C=O) groups is 6. The van der Waals surface area contributed by atoms with Gasteiger partial charge in [0.05, 0.1) is 0 Å². The number of rotatable bonds is 13. The second-order valence-corrected chi connectivity index (χ2v) is 10.5. The predicted octanol–water partition coefficient (Wildman–Crippen LogP) is 2.61. The SMILES string of the molecule is CCCCC(SSC(CCCC)(C(=O)O)N1C(=O)CCC1=O)(C(=O)O)N1C(=O)CCC1=O. The molecule has 4 amide bonds. The molecule has 32 heavy (non-hydrogen) atoms. The average Bonchev–Trinajstić information content (AvgIpc) is 3.26. The normalized spacial score (nSPS) is 20.6. The molecular weight excluding hydrogens is 460 g/mol. The number of carboxylic acids is 2. The Labute approximate surface area is 193 Å². The molecule has 12 heteroatoms. The maximum absolute atomic E-state index is 12.5. The van der Waals surface area contributed by atoms with E-state index in [-0.39, 0.29) is 38.5 Å². The molecule has 0 aliphatic carbocycles. The number of amides is 4. The van der Waals surface area contributed by atoms with Crippen molar-refractivity contribution in [2.45, 2.75) is 87.8 Å². The molecule has 2 rings (SSSR count). The summed E-state index contributed by atoms with van der Waals surface area (Å²) in [5.41, 5.74) is 0. The highest BCUT2D eigenvalue weighted by Crippen LogP contribution is 2.53. The molecule has 2 aliphatic rings. The van der Waals surface area contributed by atoms with E-state index in [9.17, 15) is 39.0 Å². The summed E-state index contributed by atoms with van der Waals surface area (Å²) in [7, 11) is 1.15. The van der Waals surface area contributed by atoms with Crippen molar-refractivity contribution in [2.75, 3.05) is 0 Å². The van der Waals surface area contributed by atoms with Crippen LogP contribution in [0.15, 0.2) is 0 Å². The summed E-state index contributed by atoms with van der Waals surface area (Å²) < 4.78 is 0. The summed E-state index contributed by atoms with van der Waals surface area (Å²) in [6.07, 6.45) is 1.27. The summed E-state index contributed by atoms with van der Waals surface area (Å²) in [6.45, 7) is 3.64. The Balaban J connectivity index is 2.53. The van der Waals surface area contributed by atoms with Crippen molar-refractivity contribution >= 4 is 57.2 Å². The Morgan fingerprint density at radius 1 is 0.719 bits per heavy atom. The number of carbonyl (C=O) groups excluding carboxylic acids is 4. The van der Waals surface area contributed by atoms with Crippen LogP contribution in [0.4, 0.5) is 0 Å². The maximum atomic E-state index is 12.5. The van der Waals surface area contributed by atoms with Crippen LogP contribution in [0, 0.1) is 0 Å². The third-order valence-electron chi connectivity index (χ3n) is 5.55. The fraction of sp³-hybridized carbons (Fsp3) is 0.700. The second kappa shape index (κ2) is 10.7. The van der Waals surface area contributed by atoms with E-state index in [0.717, 1.165) is 9.80 Å². The van der Waals surface area contributed by atoms with Crippen LogP contribution in [0.25, 0.3) is 0 Å². The average molecular weight is 489 g/mol. The summed E-state index contributed by atoms with van der Waals surface area (Å²) in [6, 6.07) is 0. The van der Waals surface area contributed by atoms with Crippen molar-refractivity contribution in [1.29, 1.82) is 0 Å². The first-order valence-electron chi connectivity index (χ1n) is 10.6. The van der Waals surface area contributed by atoms with Crippen LogP contribution in [0.5, 0.6) is 0 Å². The van der Waals surface area contributed by atoms with Gasteiger partial charge in [-0.3, -0.25) is 29.0 Å². The van der Waals surface area contributed by atoms with E-state index < -0.39 is 45.3 Å². The molecule has 2 aliphatic heterocycles. The molecule has 178 valence electrons. The summed E-state index contributed by atoms with van der Waals surface area (Å²) in [5.74, 6) is -5.43. The van der Waals surface area contributed by atoms with Gasteiger partial charge in [-0.25, -0.2) is 9.59 Å². The lowest BCUT2D eigenvalue weighted by Crippen LogP contribution is -2.57. The largest absolute Gasteiger partial charge is 0.479 e. The Morgan fingerprint density at radius 3 is 1.22 bits per heavy atom. The van der Waals surface area contributed by atoms with Gasteiger partial charge in [-0.15, -0.1) is 0 Å². The van der Waals surface area contributed by atoms with Crippen LogP contribution in [0.3, 0.4) is 0 Å². The summed E-state index contributed by atoms with van der Waals surface area (Å²) >= 11 is 0. The van der Waals surface area contributed by atoms with Crippen molar-refractivity contribution in [3.8, 4) is 0 Å². The fourth-order valence-electron chi connectivity index (χ4n) is 3.79. The van der Waals surface area contributed by atoms with Crippen molar-refractivity contribution in [2.24, 2.45) is 0 Å². The Bertz CT molecular complexity index is 721. The monoisotopic (exact) mass is 488 g/mol. The molecule has 0 spiro atoms. The lowest BCUT2D eigenvalue weighted by Gasteiger charge is -2.40. The minimum atomic E-state index is -2.04. The number of likely N-dealkylation sites (tertiary alicyclic amines) is 2. The van der Waals surface area contributed by atoms with E-state index in [4.69, 9.17) is 0 Å². The highest BCUT2D eigenvalue weighted by Gasteiger charge is 2.58. The molecule has 2 unspecified atom stereocenters. The number of hydrogen-bond acceptors (Lipinski definition) is 8. The van der Waals surface area contributed by atoms with Gasteiger partial charge in [-0.05, 0) is 47.3 Å². The third-order valence-corrected chi connectivity index (χ3v) is 9.21. The molecule has 0 aromatic heterocycles. The minimum absolute atomic E-state index is 0.0840. The highest BCUT2D eigenvalue weighted by molar-refractivity contribution is 8.78. The van der Waals surface area contributed by atoms with E-state index in [2.05, 4.69) is 0 Å². The van der Waals surface area contributed by atoms with Crippen LogP contribution in [-0.4, -0.2) is 65.3 Å². The van der Waals surface area contributed by atoms with Crippen LogP contribution < -0.4 is 0 Å². The number of unbranched alkanes of at least 4 members (excludes halogenated alkanes) is 2. The first-order valence-corrected chi connectivity index (χ1v) is 12.8. The number of imide groups is 2. The molecule has 0 aromatic rings. The lowest BCUT2D eigenvalue weighted by molar-refractivity contribution is -0.157. The first kappa shape index (κ1) is 26.2. The van der Waals surface area contributed by atoms with Crippen molar-refractivity contribution in [3.05, 3.63) is 0 Å². The van der Waals surface area contributed by atoms with Crippen LogP contribution in [0.1, 0.15) is 78.1 Å². The van der Waals surface area contributed by atoms with E-state index in [0.29, 0.717) is 47.3 Å². The summed E-state index contributed by atoms with van der Waals surface area (Å²) in [5, 5.41) is 20.3. The zero-order valence-electron chi connectivity index (χ0n) is 18.1. The van der Waals surface area contributed by atoms with Gasteiger partial charge in [-0.2, -0.15) is 0 Å².